The van der Waals surface area contributed by atoms with Gasteiger partial charge in [-0.3, -0.25) is 0 Å². The van der Waals surface area contributed by atoms with Crippen LogP contribution < -0.4 is 0 Å². The van der Waals surface area contributed by atoms with Gasteiger partial charge in [0.05, 0.1) is 0 Å². The average molecular weight is 315 g/mol. The van der Waals surface area contributed by atoms with Gasteiger partial charge in [0.15, 0.2) is 0 Å². The molecule has 0 amide bonds. The minimum Gasteiger partial charge on any atom is -0.358 e. The minimum atomic E-state index is 0. The fraction of sp³-hybridized carbons (Fsp3) is 0.875. The maximum Gasteiger partial charge on any atom is 0 e. The molecule has 1 radical (unpaired) electrons. The van der Waals surface area contributed by atoms with E-state index in [2.05, 4.69) is 6.92 Å². The Morgan fingerprint density at radius 2 is 0.765 bits per heavy atom. The smallest absolute Gasteiger partial charge is 0 e. The first-order valence-corrected chi connectivity index (χ1v) is 6.61. The van der Waals surface area contributed by atoms with Crippen LogP contribution >= 0.6 is 0 Å². The SMILES string of the molecule is C.C1C2CC3CC1CC(C2)C3.CC.[CH2-]C.[CH3-].[Y]. The maximum atomic E-state index is 3.25. The van der Waals surface area contributed by atoms with Crippen molar-refractivity contribution < 1.29 is 32.7 Å². The van der Waals surface area contributed by atoms with Crippen molar-refractivity contribution in [3.05, 3.63) is 14.4 Å². The Morgan fingerprint density at radius 1 is 0.647 bits per heavy atom. The molecule has 0 saturated heterocycles. The minimum absolute atomic E-state index is 0. The van der Waals surface area contributed by atoms with Gasteiger partial charge in [0.1, 0.15) is 0 Å². The summed E-state index contributed by atoms with van der Waals surface area (Å²) in [6.45, 7) is 9.00. The van der Waals surface area contributed by atoms with Crippen molar-refractivity contribution in [2.75, 3.05) is 0 Å². The molecule has 0 spiro atoms. The predicted octanol–water partition coefficient (Wildman–Crippen LogP) is 5.78. The van der Waals surface area contributed by atoms with E-state index >= 15 is 0 Å². The van der Waals surface area contributed by atoms with Gasteiger partial charge in [0.2, 0.25) is 0 Å². The summed E-state index contributed by atoms with van der Waals surface area (Å²) >= 11 is 0. The van der Waals surface area contributed by atoms with Crippen molar-refractivity contribution in [2.24, 2.45) is 23.7 Å². The third-order valence-corrected chi connectivity index (χ3v) is 4.00. The fourth-order valence-corrected chi connectivity index (χ4v) is 3.98. The third-order valence-electron chi connectivity index (χ3n) is 4.00. The first-order valence-electron chi connectivity index (χ1n) is 6.61. The molecule has 0 aromatic heterocycles. The van der Waals surface area contributed by atoms with Crippen molar-refractivity contribution in [3.63, 3.8) is 0 Å². The van der Waals surface area contributed by atoms with Crippen LogP contribution in [0.4, 0.5) is 0 Å². The summed E-state index contributed by atoms with van der Waals surface area (Å²) in [4.78, 5) is 0. The van der Waals surface area contributed by atoms with Gasteiger partial charge in [-0.15, -0.1) is 0 Å². The summed E-state index contributed by atoms with van der Waals surface area (Å²) in [5.41, 5.74) is 0. The Hall–Kier alpha value is 1.10. The molecule has 0 aromatic carbocycles. The van der Waals surface area contributed by atoms with Crippen molar-refractivity contribution in [1.29, 1.82) is 0 Å². The molecule has 4 aliphatic carbocycles. The molecule has 0 heterocycles. The Labute approximate surface area is 137 Å². The maximum absolute atomic E-state index is 3.25. The van der Waals surface area contributed by atoms with E-state index in [0.29, 0.717) is 0 Å². The molecule has 4 aliphatic rings. The van der Waals surface area contributed by atoms with E-state index in [-0.39, 0.29) is 47.6 Å². The normalized spacial score (nSPS) is 34.6. The second kappa shape index (κ2) is 12.2. The number of hydrogen-bond donors (Lipinski definition) is 0. The quantitative estimate of drug-likeness (QED) is 0.497. The molecular weight excluding hydrogens is 281 g/mol. The summed E-state index contributed by atoms with van der Waals surface area (Å²) < 4.78 is 0. The third kappa shape index (κ3) is 6.19. The van der Waals surface area contributed by atoms with Crippen LogP contribution in [0.25, 0.3) is 0 Å². The fourth-order valence-electron chi connectivity index (χ4n) is 3.98. The van der Waals surface area contributed by atoms with E-state index in [1.165, 1.54) is 23.7 Å². The summed E-state index contributed by atoms with van der Waals surface area (Å²) in [6.07, 6.45) is 9.62. The summed E-state index contributed by atoms with van der Waals surface area (Å²) in [7, 11) is 0. The summed E-state index contributed by atoms with van der Waals surface area (Å²) in [5, 5.41) is 0. The number of hydrogen-bond acceptors (Lipinski definition) is 0. The molecule has 103 valence electrons. The second-order valence-corrected chi connectivity index (χ2v) is 4.88. The molecule has 0 atom stereocenters. The molecular formula is C16H34Y-2. The first kappa shape index (κ1) is 23.2. The largest absolute Gasteiger partial charge is 0.358 e. The second-order valence-electron chi connectivity index (χ2n) is 4.88. The van der Waals surface area contributed by atoms with Gasteiger partial charge in [0, 0.05) is 32.7 Å². The van der Waals surface area contributed by atoms with Crippen molar-refractivity contribution in [3.8, 4) is 0 Å². The number of rotatable bonds is 0. The molecule has 0 unspecified atom stereocenters. The van der Waals surface area contributed by atoms with Gasteiger partial charge < -0.3 is 14.4 Å². The molecule has 0 aromatic rings. The zero-order valence-corrected chi connectivity index (χ0v) is 14.7. The molecule has 4 bridgehead atoms. The zero-order chi connectivity index (χ0) is 10.6. The standard InChI is InChI=1S/C10H16.C2H6.C2H5.CH4.CH3.Y/c1-7-2-9-4-8(1)5-10(3-7)6-9;2*1-2;;;/h7-10H,1-6H2;1-2H3;1H2,2H3;1H4;1H3;/q;;-1;;-1;. The monoisotopic (exact) mass is 315 g/mol. The summed E-state index contributed by atoms with van der Waals surface area (Å²) in [6, 6.07) is 0. The Kier molecular flexibility index (Phi) is 16.6. The molecule has 0 aliphatic heterocycles. The molecule has 4 fully saturated rings. The average Bonchev–Trinajstić information content (AvgIpc) is 2.22. The van der Waals surface area contributed by atoms with Gasteiger partial charge in [-0.05, 0) is 62.2 Å². The van der Waals surface area contributed by atoms with Crippen LogP contribution in [0.1, 0.15) is 66.7 Å². The zero-order valence-electron chi connectivity index (χ0n) is 11.8. The van der Waals surface area contributed by atoms with Crippen LogP contribution in [0.3, 0.4) is 0 Å². The van der Waals surface area contributed by atoms with Gasteiger partial charge in [-0.2, -0.15) is 6.92 Å². The Morgan fingerprint density at radius 3 is 0.882 bits per heavy atom. The molecule has 0 nitrogen and oxygen atoms in total. The predicted molar refractivity (Wildman–Crippen MR) is 77.2 cm³/mol. The van der Waals surface area contributed by atoms with Gasteiger partial charge in [-0.25, -0.2) is 0 Å². The van der Waals surface area contributed by atoms with E-state index in [4.69, 9.17) is 0 Å². The van der Waals surface area contributed by atoms with E-state index in [1.54, 1.807) is 45.4 Å². The van der Waals surface area contributed by atoms with Gasteiger partial charge >= 0.3 is 0 Å². The van der Waals surface area contributed by atoms with E-state index in [0.717, 1.165) is 0 Å². The molecule has 4 rings (SSSR count). The first-order chi connectivity index (χ1) is 6.90. The van der Waals surface area contributed by atoms with E-state index in [1.807, 2.05) is 13.8 Å². The molecule has 17 heavy (non-hydrogen) atoms. The van der Waals surface area contributed by atoms with E-state index < -0.39 is 0 Å². The van der Waals surface area contributed by atoms with E-state index in [9.17, 15) is 0 Å². The molecule has 1 heteroatoms. The molecule has 4 saturated carbocycles. The topological polar surface area (TPSA) is 0 Å². The van der Waals surface area contributed by atoms with Crippen LogP contribution in [0.2, 0.25) is 0 Å². The van der Waals surface area contributed by atoms with Crippen LogP contribution in [0, 0.1) is 38.0 Å². The van der Waals surface area contributed by atoms with Crippen LogP contribution in [-0.2, 0) is 32.7 Å². The Bertz CT molecular complexity index is 97.1. The van der Waals surface area contributed by atoms with Gasteiger partial charge in [0.25, 0.3) is 0 Å². The van der Waals surface area contributed by atoms with Crippen LogP contribution in [0.5, 0.6) is 0 Å². The van der Waals surface area contributed by atoms with Crippen molar-refractivity contribution in [2.45, 2.75) is 66.7 Å². The van der Waals surface area contributed by atoms with Crippen molar-refractivity contribution in [1.82, 2.24) is 0 Å². The molecule has 0 N–H and O–H groups in total. The van der Waals surface area contributed by atoms with Crippen molar-refractivity contribution >= 4 is 0 Å². The van der Waals surface area contributed by atoms with Gasteiger partial charge in [-0.1, -0.05) is 21.3 Å². The Balaban J connectivity index is -0.000000259. The van der Waals surface area contributed by atoms with Crippen LogP contribution in [0.15, 0.2) is 0 Å². The summed E-state index contributed by atoms with van der Waals surface area (Å²) in [5.74, 6) is 4.71. The van der Waals surface area contributed by atoms with Crippen LogP contribution in [-0.4, -0.2) is 0 Å².